The van der Waals surface area contributed by atoms with Gasteiger partial charge in [-0.25, -0.2) is 0 Å². The average molecular weight is 281 g/mol. The highest BCUT2D eigenvalue weighted by atomic mass is 35.5. The Balaban J connectivity index is 2.09. The van der Waals surface area contributed by atoms with E-state index < -0.39 is 0 Å². The van der Waals surface area contributed by atoms with Crippen LogP contribution in [0.25, 0.3) is 0 Å². The van der Waals surface area contributed by atoms with Gasteiger partial charge in [0.05, 0.1) is 10.6 Å². The molecule has 0 saturated carbocycles. The van der Waals surface area contributed by atoms with E-state index in [2.05, 4.69) is 5.32 Å². The van der Waals surface area contributed by atoms with Gasteiger partial charge in [-0.3, -0.25) is 9.59 Å². The van der Waals surface area contributed by atoms with E-state index in [1.165, 1.54) is 6.92 Å². The molecule has 2 rings (SSSR count). The van der Waals surface area contributed by atoms with E-state index in [0.717, 1.165) is 12.0 Å². The molecule has 4 nitrogen and oxygen atoms in total. The van der Waals surface area contributed by atoms with Crippen LogP contribution >= 0.6 is 11.6 Å². The quantitative estimate of drug-likeness (QED) is 0.901. The average Bonchev–Trinajstić information content (AvgIpc) is 2.79. The van der Waals surface area contributed by atoms with Crippen LogP contribution in [0.3, 0.4) is 0 Å². The summed E-state index contributed by atoms with van der Waals surface area (Å²) >= 11 is 6.07. The Hall–Kier alpha value is -1.55. The molecule has 1 aliphatic heterocycles. The van der Waals surface area contributed by atoms with E-state index in [0.29, 0.717) is 23.7 Å². The fraction of sp³-hybridized carbons (Fsp3) is 0.429. The number of halogens is 1. The van der Waals surface area contributed by atoms with Gasteiger partial charge < -0.3 is 10.2 Å². The number of carbonyl (C=O) groups is 2. The number of benzene rings is 1. The van der Waals surface area contributed by atoms with Gasteiger partial charge in [-0.2, -0.15) is 0 Å². The molecule has 1 saturated heterocycles. The molecule has 0 bridgehead atoms. The molecule has 1 aromatic carbocycles. The van der Waals surface area contributed by atoms with Gasteiger partial charge in [0.2, 0.25) is 5.91 Å². The highest BCUT2D eigenvalue weighted by Crippen LogP contribution is 2.21. The van der Waals surface area contributed by atoms with Crippen LogP contribution < -0.4 is 5.32 Å². The Labute approximate surface area is 117 Å². The Morgan fingerprint density at radius 3 is 2.84 bits per heavy atom. The molecule has 1 unspecified atom stereocenters. The summed E-state index contributed by atoms with van der Waals surface area (Å²) in [6, 6.07) is 5.47. The molecule has 0 radical (unpaired) electrons. The number of rotatable bonds is 2. The van der Waals surface area contributed by atoms with Crippen LogP contribution in [0.1, 0.15) is 29.3 Å². The summed E-state index contributed by atoms with van der Waals surface area (Å²) in [5.41, 5.74) is 1.54. The minimum atomic E-state index is -0.0680. The van der Waals surface area contributed by atoms with Crippen molar-refractivity contribution >= 4 is 23.4 Å². The second kappa shape index (κ2) is 5.61. The van der Waals surface area contributed by atoms with Crippen molar-refractivity contribution < 1.29 is 9.59 Å². The Morgan fingerprint density at radius 1 is 1.42 bits per heavy atom. The van der Waals surface area contributed by atoms with E-state index in [4.69, 9.17) is 11.6 Å². The van der Waals surface area contributed by atoms with Crippen molar-refractivity contribution in [3.8, 4) is 0 Å². The number of carbonyl (C=O) groups excluding carboxylic acids is 2. The number of hydrogen-bond donors (Lipinski definition) is 1. The first-order valence-electron chi connectivity index (χ1n) is 6.30. The van der Waals surface area contributed by atoms with Crippen LogP contribution in [0, 0.1) is 6.92 Å². The molecule has 1 fully saturated rings. The zero-order chi connectivity index (χ0) is 14.0. The largest absolute Gasteiger partial charge is 0.352 e. The summed E-state index contributed by atoms with van der Waals surface area (Å²) < 4.78 is 0. The minimum Gasteiger partial charge on any atom is -0.352 e. The van der Waals surface area contributed by atoms with Gasteiger partial charge in [-0.15, -0.1) is 0 Å². The fourth-order valence-corrected chi connectivity index (χ4v) is 2.52. The molecule has 1 heterocycles. The number of likely N-dealkylation sites (tertiary alicyclic amines) is 1. The lowest BCUT2D eigenvalue weighted by atomic mass is 10.1. The summed E-state index contributed by atoms with van der Waals surface area (Å²) in [4.78, 5) is 25.1. The molecule has 19 heavy (non-hydrogen) atoms. The second-order valence-corrected chi connectivity index (χ2v) is 5.33. The van der Waals surface area contributed by atoms with Gasteiger partial charge in [-0.1, -0.05) is 23.2 Å². The van der Waals surface area contributed by atoms with E-state index in [1.54, 1.807) is 17.0 Å². The van der Waals surface area contributed by atoms with Gasteiger partial charge in [0, 0.05) is 26.1 Å². The third-order valence-corrected chi connectivity index (χ3v) is 3.56. The third kappa shape index (κ3) is 3.26. The Morgan fingerprint density at radius 2 is 2.16 bits per heavy atom. The molecule has 5 heteroatoms. The highest BCUT2D eigenvalue weighted by molar-refractivity contribution is 6.33. The van der Waals surface area contributed by atoms with Gasteiger partial charge in [-0.05, 0) is 25.5 Å². The van der Waals surface area contributed by atoms with E-state index in [1.807, 2.05) is 13.0 Å². The van der Waals surface area contributed by atoms with Gasteiger partial charge in [0.25, 0.3) is 5.91 Å². The summed E-state index contributed by atoms with van der Waals surface area (Å²) in [6.45, 7) is 4.61. The SMILES string of the molecule is CC(=O)NC1CCN(C(=O)c2cc(C)ccc2Cl)C1. The summed E-state index contributed by atoms with van der Waals surface area (Å²) in [7, 11) is 0. The number of hydrogen-bond acceptors (Lipinski definition) is 2. The molecule has 1 N–H and O–H groups in total. The predicted molar refractivity (Wildman–Crippen MR) is 74.3 cm³/mol. The van der Waals surface area contributed by atoms with Gasteiger partial charge in [0.1, 0.15) is 0 Å². The summed E-state index contributed by atoms with van der Waals surface area (Å²) in [5, 5.41) is 3.31. The first-order valence-corrected chi connectivity index (χ1v) is 6.67. The fourth-order valence-electron chi connectivity index (χ4n) is 2.32. The smallest absolute Gasteiger partial charge is 0.255 e. The van der Waals surface area contributed by atoms with Crippen LogP contribution in [0.15, 0.2) is 18.2 Å². The monoisotopic (exact) mass is 280 g/mol. The van der Waals surface area contributed by atoms with Crippen LogP contribution in [-0.2, 0) is 4.79 Å². The molecule has 0 aromatic heterocycles. The lowest BCUT2D eigenvalue weighted by Gasteiger charge is -2.17. The lowest BCUT2D eigenvalue weighted by Crippen LogP contribution is -2.37. The maximum Gasteiger partial charge on any atom is 0.255 e. The van der Waals surface area contributed by atoms with Crippen molar-refractivity contribution in [2.45, 2.75) is 26.3 Å². The Kier molecular flexibility index (Phi) is 4.10. The van der Waals surface area contributed by atoms with Crippen molar-refractivity contribution in [1.82, 2.24) is 10.2 Å². The molecule has 1 aliphatic rings. The number of nitrogens with zero attached hydrogens (tertiary/aromatic N) is 1. The first-order chi connectivity index (χ1) is 8.97. The molecule has 1 aromatic rings. The summed E-state index contributed by atoms with van der Waals surface area (Å²) in [5.74, 6) is -0.130. The van der Waals surface area contributed by atoms with Crippen molar-refractivity contribution in [3.05, 3.63) is 34.3 Å². The van der Waals surface area contributed by atoms with Gasteiger partial charge in [0.15, 0.2) is 0 Å². The zero-order valence-electron chi connectivity index (χ0n) is 11.1. The topological polar surface area (TPSA) is 49.4 Å². The zero-order valence-corrected chi connectivity index (χ0v) is 11.8. The first kappa shape index (κ1) is 13.9. The van der Waals surface area contributed by atoms with Crippen molar-refractivity contribution in [2.24, 2.45) is 0 Å². The molecule has 2 amide bonds. The van der Waals surface area contributed by atoms with E-state index >= 15 is 0 Å². The minimum absolute atomic E-state index is 0.0463. The summed E-state index contributed by atoms with van der Waals surface area (Å²) in [6.07, 6.45) is 0.786. The predicted octanol–water partition coefficient (Wildman–Crippen LogP) is 2.00. The van der Waals surface area contributed by atoms with E-state index in [-0.39, 0.29) is 17.9 Å². The maximum absolute atomic E-state index is 12.4. The van der Waals surface area contributed by atoms with Crippen molar-refractivity contribution in [3.63, 3.8) is 0 Å². The molecule has 1 atom stereocenters. The standard InChI is InChI=1S/C14H17ClN2O2/c1-9-3-4-13(15)12(7-9)14(19)17-6-5-11(8-17)16-10(2)18/h3-4,7,11H,5-6,8H2,1-2H3,(H,16,18). The van der Waals surface area contributed by atoms with E-state index in [9.17, 15) is 9.59 Å². The van der Waals surface area contributed by atoms with Gasteiger partial charge >= 0.3 is 0 Å². The number of aryl methyl sites for hydroxylation is 1. The van der Waals surface area contributed by atoms with Crippen LogP contribution in [-0.4, -0.2) is 35.8 Å². The van der Waals surface area contributed by atoms with Crippen LogP contribution in [0.5, 0.6) is 0 Å². The Bertz CT molecular complexity index is 516. The normalized spacial score (nSPS) is 18.5. The van der Waals surface area contributed by atoms with Crippen LogP contribution in [0.4, 0.5) is 0 Å². The van der Waals surface area contributed by atoms with Crippen LogP contribution in [0.2, 0.25) is 5.02 Å². The van der Waals surface area contributed by atoms with Crippen molar-refractivity contribution in [1.29, 1.82) is 0 Å². The van der Waals surface area contributed by atoms with Crippen molar-refractivity contribution in [2.75, 3.05) is 13.1 Å². The number of amides is 2. The number of nitrogens with one attached hydrogen (secondary N) is 1. The lowest BCUT2D eigenvalue weighted by molar-refractivity contribution is -0.119. The molecule has 0 spiro atoms. The molecule has 0 aliphatic carbocycles. The highest BCUT2D eigenvalue weighted by Gasteiger charge is 2.28. The molecule has 102 valence electrons. The maximum atomic E-state index is 12.4. The second-order valence-electron chi connectivity index (χ2n) is 4.92. The third-order valence-electron chi connectivity index (χ3n) is 3.24. The molecular formula is C14H17ClN2O2. The molecular weight excluding hydrogens is 264 g/mol.